The summed E-state index contributed by atoms with van der Waals surface area (Å²) in [5.74, 6) is -0.232. The lowest BCUT2D eigenvalue weighted by Crippen LogP contribution is -2.47. The molecule has 1 atom stereocenters. The van der Waals surface area contributed by atoms with Crippen LogP contribution in [0.4, 0.5) is 19.8 Å². The Kier molecular flexibility index (Phi) is 8.02. The Balaban J connectivity index is 1.28. The van der Waals surface area contributed by atoms with Crippen LogP contribution >= 0.6 is 11.6 Å². The Bertz CT molecular complexity index is 1680. The van der Waals surface area contributed by atoms with Gasteiger partial charge in [0.05, 0.1) is 34.8 Å². The van der Waals surface area contributed by atoms with Crippen molar-refractivity contribution >= 4 is 45.8 Å². The summed E-state index contributed by atoms with van der Waals surface area (Å²) in [5, 5.41) is 7.18. The van der Waals surface area contributed by atoms with Gasteiger partial charge in [-0.3, -0.25) is 10.3 Å². The number of rotatable bonds is 8. The van der Waals surface area contributed by atoms with Crippen molar-refractivity contribution in [3.63, 3.8) is 0 Å². The van der Waals surface area contributed by atoms with Crippen molar-refractivity contribution < 1.29 is 18.7 Å². The number of aromatic nitrogens is 4. The first-order valence-electron chi connectivity index (χ1n) is 12.4. The molecule has 0 saturated carbocycles. The fourth-order valence-electron chi connectivity index (χ4n) is 4.19. The zero-order valence-corrected chi connectivity index (χ0v) is 22.2. The van der Waals surface area contributed by atoms with Gasteiger partial charge in [-0.25, -0.2) is 23.9 Å². The van der Waals surface area contributed by atoms with E-state index in [2.05, 4.69) is 25.6 Å². The quantitative estimate of drug-likeness (QED) is 0.273. The molecule has 3 aromatic heterocycles. The van der Waals surface area contributed by atoms with Crippen LogP contribution in [-0.4, -0.2) is 56.1 Å². The molecule has 3 heterocycles. The maximum atomic E-state index is 13.8. The van der Waals surface area contributed by atoms with Crippen molar-refractivity contribution in [1.82, 2.24) is 29.6 Å². The molecular formula is C28H25ClFN7O3. The number of carbonyl (C=O) groups is 2. The van der Waals surface area contributed by atoms with Crippen LogP contribution in [0.2, 0.25) is 5.02 Å². The number of urea groups is 1. The van der Waals surface area contributed by atoms with Gasteiger partial charge in [-0.05, 0) is 23.1 Å². The first-order valence-corrected chi connectivity index (χ1v) is 12.7. The number of pyridine rings is 1. The van der Waals surface area contributed by atoms with Crippen molar-refractivity contribution in [2.75, 3.05) is 19.0 Å². The van der Waals surface area contributed by atoms with Gasteiger partial charge in [0.15, 0.2) is 0 Å². The fourth-order valence-corrected chi connectivity index (χ4v) is 4.38. The van der Waals surface area contributed by atoms with Crippen LogP contribution in [0, 0.1) is 5.82 Å². The van der Waals surface area contributed by atoms with Crippen molar-refractivity contribution in [3.05, 3.63) is 102 Å². The number of hydrogen-bond donors (Lipinski definition) is 2. The fraction of sp³-hybridized carbons (Fsp3) is 0.179. The van der Waals surface area contributed by atoms with Crippen molar-refractivity contribution in [1.29, 1.82) is 0 Å². The van der Waals surface area contributed by atoms with E-state index in [1.807, 2.05) is 28.7 Å². The topological polar surface area (TPSA) is 114 Å². The molecule has 0 aliphatic rings. The van der Waals surface area contributed by atoms with Gasteiger partial charge in [-0.1, -0.05) is 48.0 Å². The highest BCUT2D eigenvalue weighted by atomic mass is 35.5. The van der Waals surface area contributed by atoms with Gasteiger partial charge in [-0.15, -0.1) is 0 Å². The van der Waals surface area contributed by atoms with Crippen LogP contribution in [-0.2, 0) is 17.7 Å². The van der Waals surface area contributed by atoms with Crippen LogP contribution in [0.1, 0.15) is 11.3 Å². The van der Waals surface area contributed by atoms with E-state index in [0.717, 1.165) is 16.3 Å². The lowest BCUT2D eigenvalue weighted by Gasteiger charge is -2.28. The third-order valence-corrected chi connectivity index (χ3v) is 6.87. The van der Waals surface area contributed by atoms with Crippen LogP contribution in [0.25, 0.3) is 16.3 Å². The van der Waals surface area contributed by atoms with E-state index in [4.69, 9.17) is 16.3 Å². The molecule has 40 heavy (non-hydrogen) atoms. The minimum Gasteiger partial charge on any atom is -0.447 e. The third kappa shape index (κ3) is 6.10. The van der Waals surface area contributed by atoms with Gasteiger partial charge < -0.3 is 19.4 Å². The number of nitrogens with zero attached hydrogens (tertiary/aromatic N) is 5. The van der Waals surface area contributed by atoms with Gasteiger partial charge in [0.1, 0.15) is 18.2 Å². The van der Waals surface area contributed by atoms with E-state index in [1.165, 1.54) is 17.0 Å². The maximum Gasteiger partial charge on any atom is 0.412 e. The Labute approximate surface area is 233 Å². The molecule has 0 spiro atoms. The van der Waals surface area contributed by atoms with Gasteiger partial charge in [0.2, 0.25) is 0 Å². The summed E-state index contributed by atoms with van der Waals surface area (Å²) in [6.45, 7) is -0.123. The summed E-state index contributed by atoms with van der Waals surface area (Å²) < 4.78 is 21.1. The average Bonchev–Trinajstić information content (AvgIpc) is 3.38. The summed E-state index contributed by atoms with van der Waals surface area (Å²) in [5.41, 5.74) is 1.87. The van der Waals surface area contributed by atoms with E-state index < -0.39 is 24.0 Å². The number of ether oxygens (including phenoxy) is 1. The molecule has 0 aliphatic carbocycles. The first-order chi connectivity index (χ1) is 19.4. The number of likely N-dealkylation sites (N-methyl/N-ethyl adjacent to an activating group) is 1. The summed E-state index contributed by atoms with van der Waals surface area (Å²) >= 11 is 6.03. The normalized spacial score (nSPS) is 11.8. The lowest BCUT2D eigenvalue weighted by molar-refractivity contribution is 0.117. The summed E-state index contributed by atoms with van der Waals surface area (Å²) in [7, 11) is 1.58. The van der Waals surface area contributed by atoms with Crippen molar-refractivity contribution in [2.45, 2.75) is 19.0 Å². The molecule has 1 unspecified atom stereocenters. The lowest BCUT2D eigenvalue weighted by atomic mass is 10.1. The number of amides is 3. The monoisotopic (exact) mass is 561 g/mol. The number of halogens is 2. The molecule has 0 bridgehead atoms. The van der Waals surface area contributed by atoms with Crippen molar-refractivity contribution in [2.24, 2.45) is 0 Å². The van der Waals surface area contributed by atoms with Crippen LogP contribution in [0.15, 0.2) is 79.6 Å². The van der Waals surface area contributed by atoms with E-state index in [-0.39, 0.29) is 24.6 Å². The molecule has 0 aliphatic heterocycles. The third-order valence-electron chi connectivity index (χ3n) is 6.45. The number of hydrogen-bond acceptors (Lipinski definition) is 6. The standard InChI is InChI=1S/C28H25ClFN7O3/c1-36(27(38)33-14-20-7-4-8-22(30)26(20)29)21(12-23-24-15-31-9-10-37(24)17-34-23)16-40-28(39)35-25-11-18-5-2-3-6-19(18)13-32-25/h2-11,13,15,17,21H,12,14,16H2,1H3,(H,33,38)(H,32,35,39). The molecule has 2 N–H and O–H groups in total. The minimum atomic E-state index is -0.718. The molecule has 3 amide bonds. The number of imidazole rings is 1. The average molecular weight is 562 g/mol. The Morgan fingerprint density at radius 2 is 1.95 bits per heavy atom. The molecule has 204 valence electrons. The van der Waals surface area contributed by atoms with Crippen LogP contribution in [0.3, 0.4) is 0 Å². The zero-order valence-electron chi connectivity index (χ0n) is 21.4. The van der Waals surface area contributed by atoms with E-state index in [9.17, 15) is 14.0 Å². The van der Waals surface area contributed by atoms with Gasteiger partial charge in [0, 0.05) is 44.0 Å². The molecule has 0 radical (unpaired) electrons. The molecule has 5 aromatic rings. The number of anilines is 1. The number of carbonyl (C=O) groups excluding carboxylic acids is 2. The Hall–Kier alpha value is -4.77. The van der Waals surface area contributed by atoms with E-state index in [1.54, 1.807) is 50.3 Å². The Morgan fingerprint density at radius 3 is 2.80 bits per heavy atom. The van der Waals surface area contributed by atoms with Crippen LogP contribution in [0.5, 0.6) is 0 Å². The highest BCUT2D eigenvalue weighted by Gasteiger charge is 2.24. The molecule has 10 nitrogen and oxygen atoms in total. The maximum absolute atomic E-state index is 13.8. The number of nitrogens with one attached hydrogen (secondary N) is 2. The SMILES string of the molecule is CN(C(=O)NCc1cccc(F)c1Cl)C(COC(=O)Nc1cc2ccccc2cn1)Cc1ncn2ccncc12. The Morgan fingerprint density at radius 1 is 1.12 bits per heavy atom. The molecule has 0 saturated heterocycles. The zero-order chi connectivity index (χ0) is 28.1. The van der Waals surface area contributed by atoms with E-state index in [0.29, 0.717) is 17.1 Å². The summed E-state index contributed by atoms with van der Waals surface area (Å²) in [6.07, 6.45) is 7.94. The second-order valence-corrected chi connectivity index (χ2v) is 9.42. The smallest absolute Gasteiger partial charge is 0.412 e. The predicted molar refractivity (Wildman–Crippen MR) is 149 cm³/mol. The van der Waals surface area contributed by atoms with Gasteiger partial charge >= 0.3 is 12.1 Å². The molecular weight excluding hydrogens is 537 g/mol. The molecule has 5 rings (SSSR count). The minimum absolute atomic E-state index is 0.0127. The highest BCUT2D eigenvalue weighted by Crippen LogP contribution is 2.20. The number of fused-ring (bicyclic) bond motifs is 2. The summed E-state index contributed by atoms with van der Waals surface area (Å²) in [6, 6.07) is 12.7. The summed E-state index contributed by atoms with van der Waals surface area (Å²) in [4.78, 5) is 40.0. The van der Waals surface area contributed by atoms with Gasteiger partial charge in [-0.2, -0.15) is 0 Å². The number of benzene rings is 2. The first kappa shape index (κ1) is 26.8. The highest BCUT2D eigenvalue weighted by molar-refractivity contribution is 6.31. The molecule has 0 fully saturated rings. The predicted octanol–water partition coefficient (Wildman–Crippen LogP) is 5.07. The second-order valence-electron chi connectivity index (χ2n) is 9.04. The molecule has 12 heteroatoms. The van der Waals surface area contributed by atoms with Crippen LogP contribution < -0.4 is 10.6 Å². The van der Waals surface area contributed by atoms with Gasteiger partial charge in [0.25, 0.3) is 0 Å². The van der Waals surface area contributed by atoms with E-state index >= 15 is 0 Å². The molecule has 2 aromatic carbocycles. The largest absolute Gasteiger partial charge is 0.447 e. The second kappa shape index (κ2) is 12.0. The van der Waals surface area contributed by atoms with Crippen molar-refractivity contribution in [3.8, 4) is 0 Å².